The summed E-state index contributed by atoms with van der Waals surface area (Å²) in [5.74, 6) is 0.528. The molecule has 6 nitrogen and oxygen atoms in total. The second-order valence-electron chi connectivity index (χ2n) is 5.24. The molecule has 0 spiro atoms. The second-order valence-corrected chi connectivity index (χ2v) is 5.24. The van der Waals surface area contributed by atoms with Gasteiger partial charge in [-0.3, -0.25) is 4.79 Å². The first-order valence-electron chi connectivity index (χ1n) is 7.57. The average molecular weight is 327 g/mol. The van der Waals surface area contributed by atoms with Gasteiger partial charge in [-0.15, -0.1) is 0 Å². The molecule has 0 unspecified atom stereocenters. The number of nitrogens with one attached hydrogen (secondary N) is 1. The Morgan fingerprint density at radius 2 is 1.62 bits per heavy atom. The predicted molar refractivity (Wildman–Crippen MR) is 87.8 cm³/mol. The molecule has 0 saturated carbocycles. The molecule has 1 aliphatic heterocycles. The highest BCUT2D eigenvalue weighted by Gasteiger charge is 2.14. The molecule has 6 heteroatoms. The third kappa shape index (κ3) is 3.48. The molecule has 0 bridgehead atoms. The molecule has 2 aromatic rings. The van der Waals surface area contributed by atoms with Crippen molar-refractivity contribution in [2.24, 2.45) is 0 Å². The van der Waals surface area contributed by atoms with Crippen molar-refractivity contribution in [2.45, 2.75) is 6.42 Å². The summed E-state index contributed by atoms with van der Waals surface area (Å²) in [4.78, 5) is 23.8. The SMILES string of the molecule is COC(=O)c1ccc(NC(=O)c2ccc3c(c2)OCCCO3)cc1. The fourth-order valence-corrected chi connectivity index (χ4v) is 2.32. The summed E-state index contributed by atoms with van der Waals surface area (Å²) in [6, 6.07) is 11.6. The summed E-state index contributed by atoms with van der Waals surface area (Å²) < 4.78 is 15.8. The lowest BCUT2D eigenvalue weighted by molar-refractivity contribution is 0.0600. The molecule has 1 aliphatic rings. The van der Waals surface area contributed by atoms with Gasteiger partial charge in [-0.25, -0.2) is 4.79 Å². The topological polar surface area (TPSA) is 73.9 Å². The molecular formula is C18H17NO5. The number of hydrogen-bond acceptors (Lipinski definition) is 5. The number of amides is 1. The van der Waals surface area contributed by atoms with E-state index in [1.807, 2.05) is 0 Å². The van der Waals surface area contributed by atoms with E-state index in [4.69, 9.17) is 9.47 Å². The lowest BCUT2D eigenvalue weighted by Crippen LogP contribution is -2.12. The molecule has 1 heterocycles. The van der Waals surface area contributed by atoms with Crippen molar-refractivity contribution in [3.8, 4) is 11.5 Å². The summed E-state index contributed by atoms with van der Waals surface area (Å²) in [5.41, 5.74) is 1.47. The Morgan fingerprint density at radius 1 is 0.958 bits per heavy atom. The highest BCUT2D eigenvalue weighted by atomic mass is 16.5. The van der Waals surface area contributed by atoms with Gasteiger partial charge in [-0.2, -0.15) is 0 Å². The Balaban J connectivity index is 1.73. The first kappa shape index (κ1) is 15.9. The quantitative estimate of drug-likeness (QED) is 0.878. The van der Waals surface area contributed by atoms with E-state index in [9.17, 15) is 9.59 Å². The maximum atomic E-state index is 12.4. The molecule has 3 rings (SSSR count). The van der Waals surface area contributed by atoms with Gasteiger partial charge in [0.05, 0.1) is 25.9 Å². The zero-order chi connectivity index (χ0) is 16.9. The predicted octanol–water partition coefficient (Wildman–Crippen LogP) is 2.89. The summed E-state index contributed by atoms with van der Waals surface area (Å²) in [6.07, 6.45) is 0.808. The largest absolute Gasteiger partial charge is 0.490 e. The minimum absolute atomic E-state index is 0.267. The lowest BCUT2D eigenvalue weighted by Gasteiger charge is -2.10. The van der Waals surface area contributed by atoms with E-state index < -0.39 is 5.97 Å². The van der Waals surface area contributed by atoms with Crippen molar-refractivity contribution in [1.29, 1.82) is 0 Å². The van der Waals surface area contributed by atoms with E-state index in [-0.39, 0.29) is 5.91 Å². The van der Waals surface area contributed by atoms with Crippen LogP contribution in [0.2, 0.25) is 0 Å². The fourth-order valence-electron chi connectivity index (χ4n) is 2.32. The molecule has 0 aromatic heterocycles. The van der Waals surface area contributed by atoms with Crippen molar-refractivity contribution in [3.63, 3.8) is 0 Å². The number of rotatable bonds is 3. The van der Waals surface area contributed by atoms with Crippen LogP contribution in [0.25, 0.3) is 0 Å². The van der Waals surface area contributed by atoms with Crippen molar-refractivity contribution in [3.05, 3.63) is 53.6 Å². The number of fused-ring (bicyclic) bond motifs is 1. The van der Waals surface area contributed by atoms with Crippen LogP contribution in [-0.4, -0.2) is 32.2 Å². The van der Waals surface area contributed by atoms with Gasteiger partial charge in [0.15, 0.2) is 11.5 Å². The summed E-state index contributed by atoms with van der Waals surface area (Å²) >= 11 is 0. The summed E-state index contributed by atoms with van der Waals surface area (Å²) in [6.45, 7) is 1.16. The van der Waals surface area contributed by atoms with Crippen molar-refractivity contribution in [1.82, 2.24) is 0 Å². The van der Waals surface area contributed by atoms with Gasteiger partial charge in [0.2, 0.25) is 0 Å². The number of ether oxygens (including phenoxy) is 3. The number of esters is 1. The van der Waals surface area contributed by atoms with Crippen LogP contribution in [0.4, 0.5) is 5.69 Å². The zero-order valence-electron chi connectivity index (χ0n) is 13.2. The van der Waals surface area contributed by atoms with Crippen LogP contribution in [0.3, 0.4) is 0 Å². The number of methoxy groups -OCH3 is 1. The number of benzene rings is 2. The van der Waals surface area contributed by atoms with Gasteiger partial charge in [-0.1, -0.05) is 0 Å². The molecule has 0 fully saturated rings. The standard InChI is InChI=1S/C18H17NO5/c1-22-18(21)12-3-6-14(7-4-12)19-17(20)13-5-8-15-16(11-13)24-10-2-9-23-15/h3-8,11H,2,9-10H2,1H3,(H,19,20). The lowest BCUT2D eigenvalue weighted by atomic mass is 10.1. The first-order chi connectivity index (χ1) is 11.7. The van der Waals surface area contributed by atoms with Crippen LogP contribution in [0.15, 0.2) is 42.5 Å². The Labute approximate surface area is 139 Å². The first-order valence-corrected chi connectivity index (χ1v) is 7.57. The molecular weight excluding hydrogens is 310 g/mol. The van der Waals surface area contributed by atoms with Gasteiger partial charge >= 0.3 is 5.97 Å². The maximum absolute atomic E-state index is 12.4. The Kier molecular flexibility index (Phi) is 4.65. The summed E-state index contributed by atoms with van der Waals surface area (Å²) in [7, 11) is 1.32. The zero-order valence-corrected chi connectivity index (χ0v) is 13.2. The summed E-state index contributed by atoms with van der Waals surface area (Å²) in [5, 5.41) is 2.78. The van der Waals surface area contributed by atoms with Gasteiger partial charge in [0.1, 0.15) is 0 Å². The van der Waals surface area contributed by atoms with E-state index in [1.54, 1.807) is 42.5 Å². The number of carbonyl (C=O) groups excluding carboxylic acids is 2. The van der Waals surface area contributed by atoms with Crippen LogP contribution < -0.4 is 14.8 Å². The second kappa shape index (κ2) is 7.04. The van der Waals surface area contributed by atoms with Crippen LogP contribution in [0.5, 0.6) is 11.5 Å². The van der Waals surface area contributed by atoms with Gasteiger partial charge < -0.3 is 19.5 Å². The number of carbonyl (C=O) groups is 2. The molecule has 24 heavy (non-hydrogen) atoms. The molecule has 1 amide bonds. The third-order valence-corrected chi connectivity index (χ3v) is 3.57. The highest BCUT2D eigenvalue weighted by Crippen LogP contribution is 2.30. The average Bonchev–Trinajstić information content (AvgIpc) is 2.86. The Hall–Kier alpha value is -3.02. The third-order valence-electron chi connectivity index (χ3n) is 3.57. The molecule has 124 valence electrons. The van der Waals surface area contributed by atoms with Crippen LogP contribution >= 0.6 is 0 Å². The van der Waals surface area contributed by atoms with Crippen molar-refractivity contribution < 1.29 is 23.8 Å². The van der Waals surface area contributed by atoms with E-state index >= 15 is 0 Å². The van der Waals surface area contributed by atoms with Gasteiger partial charge in [0, 0.05) is 17.7 Å². The van der Waals surface area contributed by atoms with Crippen LogP contribution in [0, 0.1) is 0 Å². The normalized spacial score (nSPS) is 12.9. The monoisotopic (exact) mass is 327 g/mol. The van der Waals surface area contributed by atoms with Gasteiger partial charge in [0.25, 0.3) is 5.91 Å². The highest BCUT2D eigenvalue weighted by molar-refractivity contribution is 6.04. The van der Waals surface area contributed by atoms with E-state index in [2.05, 4.69) is 10.1 Å². The van der Waals surface area contributed by atoms with Crippen LogP contribution in [-0.2, 0) is 4.74 Å². The Morgan fingerprint density at radius 3 is 2.33 bits per heavy atom. The van der Waals surface area contributed by atoms with Gasteiger partial charge in [-0.05, 0) is 42.5 Å². The van der Waals surface area contributed by atoms with E-state index in [0.29, 0.717) is 41.5 Å². The molecule has 1 N–H and O–H groups in total. The number of anilines is 1. The maximum Gasteiger partial charge on any atom is 0.337 e. The van der Waals surface area contributed by atoms with Crippen molar-refractivity contribution in [2.75, 3.05) is 25.6 Å². The molecule has 2 aromatic carbocycles. The minimum Gasteiger partial charge on any atom is -0.490 e. The number of hydrogen-bond donors (Lipinski definition) is 1. The molecule has 0 radical (unpaired) electrons. The van der Waals surface area contributed by atoms with Crippen molar-refractivity contribution >= 4 is 17.6 Å². The minimum atomic E-state index is -0.421. The smallest absolute Gasteiger partial charge is 0.337 e. The van der Waals surface area contributed by atoms with E-state index in [1.165, 1.54) is 7.11 Å². The van der Waals surface area contributed by atoms with E-state index in [0.717, 1.165) is 6.42 Å². The molecule has 0 atom stereocenters. The fraction of sp³-hybridized carbons (Fsp3) is 0.222. The van der Waals surface area contributed by atoms with Crippen LogP contribution in [0.1, 0.15) is 27.1 Å². The molecule has 0 aliphatic carbocycles. The molecule has 0 saturated heterocycles. The Bertz CT molecular complexity index is 755.